The van der Waals surface area contributed by atoms with Crippen molar-refractivity contribution in [2.75, 3.05) is 7.11 Å². The third kappa shape index (κ3) is 1.99. The van der Waals surface area contributed by atoms with Crippen molar-refractivity contribution in [2.24, 2.45) is 17.0 Å². The molecule has 0 N–H and O–H groups in total. The molecule has 0 amide bonds. The highest BCUT2D eigenvalue weighted by Gasteiger charge is 2.74. The van der Waals surface area contributed by atoms with E-state index in [1.807, 2.05) is 6.07 Å². The normalized spacial score (nSPS) is 42.3. The van der Waals surface area contributed by atoms with Crippen molar-refractivity contribution in [1.29, 1.82) is 0 Å². The van der Waals surface area contributed by atoms with Gasteiger partial charge < -0.3 is 14.2 Å². The third-order valence-corrected chi connectivity index (χ3v) is 7.99. The van der Waals surface area contributed by atoms with Gasteiger partial charge in [0.2, 0.25) is 0 Å². The van der Waals surface area contributed by atoms with Crippen molar-refractivity contribution < 1.29 is 14.2 Å². The van der Waals surface area contributed by atoms with Gasteiger partial charge in [0.15, 0.2) is 5.79 Å². The summed E-state index contributed by atoms with van der Waals surface area (Å²) < 4.78 is 19.1. The largest absolute Gasteiger partial charge is 0.496 e. The van der Waals surface area contributed by atoms with E-state index in [9.17, 15) is 4.91 Å². The minimum Gasteiger partial charge on any atom is -0.496 e. The van der Waals surface area contributed by atoms with Crippen LogP contribution in [0.25, 0.3) is 6.08 Å². The maximum atomic E-state index is 12.4. The molecule has 3 fully saturated rings. The average molecular weight is 383 g/mol. The monoisotopic (exact) mass is 383 g/mol. The maximum absolute atomic E-state index is 12.4. The topological polar surface area (TPSA) is 57.1 Å². The Morgan fingerprint density at radius 1 is 1.14 bits per heavy atom. The van der Waals surface area contributed by atoms with Crippen LogP contribution >= 0.6 is 0 Å². The molecule has 1 aromatic rings. The Morgan fingerprint density at radius 2 is 1.93 bits per heavy atom. The molecule has 5 rings (SSSR count). The van der Waals surface area contributed by atoms with E-state index in [2.05, 4.69) is 51.1 Å². The van der Waals surface area contributed by atoms with E-state index in [-0.39, 0.29) is 17.4 Å². The molecule has 28 heavy (non-hydrogen) atoms. The van der Waals surface area contributed by atoms with Crippen LogP contribution in [-0.2, 0) is 15.1 Å². The molecule has 1 saturated carbocycles. The Bertz CT molecular complexity index is 893. The van der Waals surface area contributed by atoms with E-state index in [1.54, 1.807) is 7.11 Å². The van der Waals surface area contributed by atoms with Crippen molar-refractivity contribution in [3.8, 4) is 5.75 Å². The number of hydrogen-bond donors (Lipinski definition) is 0. The first kappa shape index (κ1) is 18.3. The number of fused-ring (bicyclic) bond motifs is 1. The van der Waals surface area contributed by atoms with E-state index < -0.39 is 16.9 Å². The van der Waals surface area contributed by atoms with Gasteiger partial charge in [0.25, 0.3) is 0 Å². The molecule has 0 aromatic heterocycles. The molecule has 0 radical (unpaired) electrons. The summed E-state index contributed by atoms with van der Waals surface area (Å²) in [6, 6.07) is 4.13. The first-order valence-corrected chi connectivity index (χ1v) is 10.3. The standard InChI is InChI=1S/C23H29NO4/c1-14-16-6-9-19-21(24-25)11-12-22(19,17(16)7-8-18(14)26-5)28-23(15(21)2)13-10-20(3,4)27-23/h6-9,15,19H,10-13H2,1-5H3/t15-,19?,21-,22-,23+/m0/s1. The molecule has 1 unspecified atom stereocenters. The molecule has 2 heterocycles. The van der Waals surface area contributed by atoms with Gasteiger partial charge in [-0.05, 0) is 62.8 Å². The lowest BCUT2D eigenvalue weighted by Crippen LogP contribution is -2.63. The van der Waals surface area contributed by atoms with Crippen LogP contribution < -0.4 is 4.74 Å². The SMILES string of the molecule is COc1ccc2c(c1C)C=CC1[C@]23CC[C@]1(N=O)[C@H](C)[C@@]1(CCC(C)(C)O1)O3. The van der Waals surface area contributed by atoms with E-state index in [4.69, 9.17) is 14.2 Å². The lowest BCUT2D eigenvalue weighted by Gasteiger charge is -2.56. The number of methoxy groups -OCH3 is 1. The first-order chi connectivity index (χ1) is 13.2. The summed E-state index contributed by atoms with van der Waals surface area (Å²) in [5, 5.41) is 3.81. The lowest BCUT2D eigenvalue weighted by atomic mass is 9.63. The highest BCUT2D eigenvalue weighted by Crippen LogP contribution is 2.68. The summed E-state index contributed by atoms with van der Waals surface area (Å²) in [6.45, 7) is 8.39. The molecule has 1 spiro atoms. The molecule has 2 aliphatic carbocycles. The molecular weight excluding hydrogens is 354 g/mol. The van der Waals surface area contributed by atoms with Gasteiger partial charge >= 0.3 is 0 Å². The van der Waals surface area contributed by atoms with Crippen LogP contribution in [0, 0.1) is 23.7 Å². The van der Waals surface area contributed by atoms with Gasteiger partial charge in [-0.1, -0.05) is 30.3 Å². The number of hydrogen-bond acceptors (Lipinski definition) is 5. The summed E-state index contributed by atoms with van der Waals surface area (Å²) in [7, 11) is 1.70. The molecule has 150 valence electrons. The minimum absolute atomic E-state index is 0.0641. The Labute approximate surface area is 166 Å². The summed E-state index contributed by atoms with van der Waals surface area (Å²) in [6.07, 6.45) is 7.51. The zero-order chi connectivity index (χ0) is 19.9. The number of nitrogens with zero attached hydrogens (tertiary/aromatic N) is 1. The highest BCUT2D eigenvalue weighted by atomic mass is 16.7. The van der Waals surface area contributed by atoms with Crippen molar-refractivity contribution >= 4 is 6.08 Å². The van der Waals surface area contributed by atoms with E-state index in [0.29, 0.717) is 0 Å². The predicted molar refractivity (Wildman–Crippen MR) is 107 cm³/mol. The van der Waals surface area contributed by atoms with E-state index in [0.717, 1.165) is 48.1 Å². The third-order valence-electron chi connectivity index (χ3n) is 7.99. The summed E-state index contributed by atoms with van der Waals surface area (Å²) >= 11 is 0. The zero-order valence-electron chi connectivity index (χ0n) is 17.4. The van der Waals surface area contributed by atoms with Crippen LogP contribution in [-0.4, -0.2) is 24.0 Å². The van der Waals surface area contributed by atoms with Crippen LogP contribution in [0.3, 0.4) is 0 Å². The molecule has 5 heteroatoms. The minimum atomic E-state index is -0.763. The number of ether oxygens (including phenoxy) is 3. The zero-order valence-corrected chi connectivity index (χ0v) is 17.4. The van der Waals surface area contributed by atoms with Crippen LogP contribution in [0.15, 0.2) is 23.4 Å². The molecule has 2 aliphatic heterocycles. The van der Waals surface area contributed by atoms with Crippen molar-refractivity contribution in [2.45, 2.75) is 75.9 Å². The second kappa shape index (κ2) is 5.45. The van der Waals surface area contributed by atoms with Crippen molar-refractivity contribution in [1.82, 2.24) is 0 Å². The number of benzene rings is 1. The van der Waals surface area contributed by atoms with E-state index >= 15 is 0 Å². The van der Waals surface area contributed by atoms with Gasteiger partial charge in [-0.3, -0.25) is 0 Å². The van der Waals surface area contributed by atoms with Crippen molar-refractivity contribution in [3.05, 3.63) is 39.8 Å². The van der Waals surface area contributed by atoms with Gasteiger partial charge in [0.1, 0.15) is 16.9 Å². The lowest BCUT2D eigenvalue weighted by molar-refractivity contribution is -0.351. The Hall–Kier alpha value is -1.72. The second-order valence-corrected chi connectivity index (χ2v) is 9.66. The fourth-order valence-corrected chi connectivity index (χ4v) is 6.47. The maximum Gasteiger partial charge on any atom is 0.175 e. The Kier molecular flexibility index (Phi) is 3.57. The van der Waals surface area contributed by atoms with Crippen LogP contribution in [0.1, 0.15) is 63.1 Å². The predicted octanol–water partition coefficient (Wildman–Crippen LogP) is 5.09. The van der Waals surface area contributed by atoms with Crippen LogP contribution in [0.4, 0.5) is 0 Å². The Morgan fingerprint density at radius 3 is 2.57 bits per heavy atom. The van der Waals surface area contributed by atoms with Gasteiger partial charge in [-0.25, -0.2) is 0 Å². The van der Waals surface area contributed by atoms with Gasteiger partial charge in [0, 0.05) is 18.3 Å². The van der Waals surface area contributed by atoms with Crippen LogP contribution in [0.2, 0.25) is 0 Å². The molecular formula is C23H29NO4. The molecule has 5 atom stereocenters. The van der Waals surface area contributed by atoms with Crippen LogP contribution in [0.5, 0.6) is 5.75 Å². The second-order valence-electron chi connectivity index (χ2n) is 9.66. The average Bonchev–Trinajstić information content (AvgIpc) is 3.13. The molecule has 2 saturated heterocycles. The quantitative estimate of drug-likeness (QED) is 0.667. The fourth-order valence-electron chi connectivity index (χ4n) is 6.47. The molecule has 2 bridgehead atoms. The summed E-state index contributed by atoms with van der Waals surface area (Å²) in [4.78, 5) is 12.4. The van der Waals surface area contributed by atoms with Gasteiger partial charge in [-0.2, -0.15) is 4.91 Å². The molecule has 4 aliphatic rings. The molecule has 5 nitrogen and oxygen atoms in total. The van der Waals surface area contributed by atoms with Crippen molar-refractivity contribution in [3.63, 3.8) is 0 Å². The Balaban J connectivity index is 1.72. The first-order valence-electron chi connectivity index (χ1n) is 10.3. The van der Waals surface area contributed by atoms with Gasteiger partial charge in [-0.15, -0.1) is 0 Å². The van der Waals surface area contributed by atoms with E-state index in [1.165, 1.54) is 0 Å². The number of rotatable bonds is 2. The summed E-state index contributed by atoms with van der Waals surface area (Å²) in [5.41, 5.74) is 1.86. The fraction of sp³-hybridized carbons (Fsp3) is 0.652. The molecule has 1 aromatic carbocycles. The number of nitroso groups, excluding NO2 is 1. The van der Waals surface area contributed by atoms with Gasteiger partial charge in [0.05, 0.1) is 12.7 Å². The smallest absolute Gasteiger partial charge is 0.175 e. The summed E-state index contributed by atoms with van der Waals surface area (Å²) in [5.74, 6) is -0.0508. The highest BCUT2D eigenvalue weighted by molar-refractivity contribution is 5.67.